The number of alkyl halides is 3. The van der Waals surface area contributed by atoms with Crippen molar-refractivity contribution in [3.8, 4) is 0 Å². The Morgan fingerprint density at radius 1 is 1.18 bits per heavy atom. The summed E-state index contributed by atoms with van der Waals surface area (Å²) in [5.74, 6) is 1.24. The number of rotatable bonds is 7. The summed E-state index contributed by atoms with van der Waals surface area (Å²) in [6, 6.07) is 9.94. The molecule has 0 amide bonds. The second-order valence-electron chi connectivity index (χ2n) is 4.21. The number of nitrogens with one attached hydrogen (secondary N) is 2. The fourth-order valence-corrected chi connectivity index (χ4v) is 2.28. The third kappa shape index (κ3) is 11.0. The van der Waals surface area contributed by atoms with Crippen molar-refractivity contribution in [1.29, 1.82) is 0 Å². The smallest absolute Gasteiger partial charge is 0.357 e. The van der Waals surface area contributed by atoms with Crippen molar-refractivity contribution in [2.24, 2.45) is 4.99 Å². The quantitative estimate of drug-likeness (QED) is 0.219. The normalized spacial score (nSPS) is 11.7. The van der Waals surface area contributed by atoms with Crippen molar-refractivity contribution in [2.45, 2.75) is 24.4 Å². The van der Waals surface area contributed by atoms with Gasteiger partial charge in [0, 0.05) is 23.7 Å². The molecule has 0 aliphatic heterocycles. The molecule has 0 aliphatic rings. The van der Waals surface area contributed by atoms with Gasteiger partial charge in [-0.3, -0.25) is 4.99 Å². The lowest BCUT2D eigenvalue weighted by Crippen LogP contribution is -2.38. The largest absolute Gasteiger partial charge is 0.390 e. The predicted molar refractivity (Wildman–Crippen MR) is 97.2 cm³/mol. The molecule has 0 spiro atoms. The van der Waals surface area contributed by atoms with Crippen molar-refractivity contribution < 1.29 is 13.2 Å². The Balaban J connectivity index is 0.00000441. The summed E-state index contributed by atoms with van der Waals surface area (Å²) in [6.07, 6.45) is -5.06. The molecule has 22 heavy (non-hydrogen) atoms. The summed E-state index contributed by atoms with van der Waals surface area (Å²) in [5, 5.41) is 5.96. The minimum atomic E-state index is -4.16. The molecule has 0 aliphatic carbocycles. The first kappa shape index (κ1) is 21.4. The molecule has 0 heterocycles. The Morgan fingerprint density at radius 3 is 2.45 bits per heavy atom. The molecule has 0 atom stereocenters. The Labute approximate surface area is 150 Å². The molecular formula is C14H21F3IN3S. The average Bonchev–Trinajstić information content (AvgIpc) is 2.43. The zero-order chi connectivity index (χ0) is 15.6. The van der Waals surface area contributed by atoms with Gasteiger partial charge in [-0.2, -0.15) is 13.2 Å². The monoisotopic (exact) mass is 447 g/mol. The van der Waals surface area contributed by atoms with Crippen LogP contribution in [0.1, 0.15) is 13.3 Å². The number of benzene rings is 1. The van der Waals surface area contributed by atoms with Gasteiger partial charge in [-0.15, -0.1) is 35.7 Å². The van der Waals surface area contributed by atoms with Gasteiger partial charge in [0.15, 0.2) is 5.96 Å². The van der Waals surface area contributed by atoms with Crippen LogP contribution in [-0.2, 0) is 0 Å². The van der Waals surface area contributed by atoms with Crippen molar-refractivity contribution in [3.05, 3.63) is 30.3 Å². The van der Waals surface area contributed by atoms with E-state index in [9.17, 15) is 13.2 Å². The molecule has 2 N–H and O–H groups in total. The van der Waals surface area contributed by atoms with Gasteiger partial charge in [-0.05, 0) is 19.1 Å². The van der Waals surface area contributed by atoms with E-state index in [0.717, 1.165) is 5.75 Å². The lowest BCUT2D eigenvalue weighted by Gasteiger charge is -2.11. The Morgan fingerprint density at radius 2 is 1.86 bits per heavy atom. The van der Waals surface area contributed by atoms with E-state index in [1.807, 2.05) is 37.3 Å². The molecule has 1 aromatic rings. The Kier molecular flexibility index (Phi) is 11.5. The molecule has 1 rings (SSSR count). The van der Waals surface area contributed by atoms with Gasteiger partial charge in [0.25, 0.3) is 0 Å². The molecule has 126 valence electrons. The SMILES string of the molecule is CCNC(=NCCC(F)(F)F)NCCSc1ccccc1.I. The topological polar surface area (TPSA) is 36.4 Å². The van der Waals surface area contributed by atoms with Crippen LogP contribution in [0.15, 0.2) is 40.2 Å². The predicted octanol–water partition coefficient (Wildman–Crippen LogP) is 3.90. The molecule has 0 fully saturated rings. The van der Waals surface area contributed by atoms with Gasteiger partial charge in [0.05, 0.1) is 13.0 Å². The van der Waals surface area contributed by atoms with Crippen LogP contribution in [0.5, 0.6) is 0 Å². The summed E-state index contributed by atoms with van der Waals surface area (Å²) in [5.41, 5.74) is 0. The van der Waals surface area contributed by atoms with Gasteiger partial charge in [0.1, 0.15) is 0 Å². The highest BCUT2D eigenvalue weighted by molar-refractivity contribution is 14.0. The van der Waals surface area contributed by atoms with Crippen LogP contribution >= 0.6 is 35.7 Å². The van der Waals surface area contributed by atoms with Gasteiger partial charge in [-0.1, -0.05) is 18.2 Å². The summed E-state index contributed by atoms with van der Waals surface area (Å²) >= 11 is 1.68. The molecule has 8 heteroatoms. The van der Waals surface area contributed by atoms with Crippen molar-refractivity contribution in [2.75, 3.05) is 25.4 Å². The zero-order valence-corrected chi connectivity index (χ0v) is 15.5. The number of halogens is 4. The number of thioether (sulfide) groups is 1. The first-order chi connectivity index (χ1) is 10.0. The van der Waals surface area contributed by atoms with Crippen LogP contribution in [0.3, 0.4) is 0 Å². The number of guanidine groups is 1. The van der Waals surface area contributed by atoms with Crippen molar-refractivity contribution in [1.82, 2.24) is 10.6 Å². The van der Waals surface area contributed by atoms with Crippen LogP contribution in [0.4, 0.5) is 13.2 Å². The minimum absolute atomic E-state index is 0. The molecule has 0 bridgehead atoms. The second-order valence-corrected chi connectivity index (χ2v) is 5.38. The molecule has 0 saturated heterocycles. The van der Waals surface area contributed by atoms with E-state index >= 15 is 0 Å². The average molecular weight is 447 g/mol. The molecule has 0 radical (unpaired) electrons. The van der Waals surface area contributed by atoms with Crippen LogP contribution in [0, 0.1) is 0 Å². The fraction of sp³-hybridized carbons (Fsp3) is 0.500. The lowest BCUT2D eigenvalue weighted by atomic mass is 10.4. The maximum atomic E-state index is 12.1. The molecule has 0 aromatic heterocycles. The summed E-state index contributed by atoms with van der Waals surface area (Å²) in [6.45, 7) is 2.87. The second kappa shape index (κ2) is 11.9. The first-order valence-corrected chi connectivity index (χ1v) is 7.76. The lowest BCUT2D eigenvalue weighted by molar-refractivity contribution is -0.132. The Bertz CT molecular complexity index is 427. The maximum absolute atomic E-state index is 12.1. The Hall–Kier alpha value is -0.640. The number of hydrogen-bond acceptors (Lipinski definition) is 2. The van der Waals surface area contributed by atoms with Gasteiger partial charge >= 0.3 is 6.18 Å². The van der Waals surface area contributed by atoms with Crippen molar-refractivity contribution >= 4 is 41.7 Å². The number of hydrogen-bond donors (Lipinski definition) is 2. The van der Waals surface area contributed by atoms with Crippen LogP contribution in [0.2, 0.25) is 0 Å². The van der Waals surface area contributed by atoms with Crippen LogP contribution in [-0.4, -0.2) is 37.5 Å². The standard InChI is InChI=1S/C14H20F3N3S.HI/c1-2-18-13(19-9-8-14(15,16)17)20-10-11-21-12-6-4-3-5-7-12;/h3-7H,2,8-11H2,1H3,(H2,18,19,20);1H. The maximum Gasteiger partial charge on any atom is 0.390 e. The van der Waals surface area contributed by atoms with E-state index in [-0.39, 0.29) is 30.5 Å². The minimum Gasteiger partial charge on any atom is -0.357 e. The van der Waals surface area contributed by atoms with Crippen molar-refractivity contribution in [3.63, 3.8) is 0 Å². The molecular weight excluding hydrogens is 426 g/mol. The first-order valence-electron chi connectivity index (χ1n) is 6.78. The summed E-state index contributed by atoms with van der Waals surface area (Å²) < 4.78 is 36.2. The highest BCUT2D eigenvalue weighted by Gasteiger charge is 2.26. The van der Waals surface area contributed by atoms with E-state index < -0.39 is 12.6 Å². The number of aliphatic imine (C=N–C) groups is 1. The molecule has 0 saturated carbocycles. The van der Waals surface area contributed by atoms with Gasteiger partial charge < -0.3 is 10.6 Å². The van der Waals surface area contributed by atoms with E-state index in [2.05, 4.69) is 15.6 Å². The molecule has 0 unspecified atom stereocenters. The highest BCUT2D eigenvalue weighted by Crippen LogP contribution is 2.19. The highest BCUT2D eigenvalue weighted by atomic mass is 127. The van der Waals surface area contributed by atoms with E-state index in [0.29, 0.717) is 19.0 Å². The zero-order valence-electron chi connectivity index (χ0n) is 12.3. The van der Waals surface area contributed by atoms with Crippen LogP contribution < -0.4 is 10.6 Å². The van der Waals surface area contributed by atoms with E-state index in [1.165, 1.54) is 4.90 Å². The summed E-state index contributed by atoms with van der Waals surface area (Å²) in [4.78, 5) is 5.07. The summed E-state index contributed by atoms with van der Waals surface area (Å²) in [7, 11) is 0. The van der Waals surface area contributed by atoms with E-state index in [4.69, 9.17) is 0 Å². The molecule has 1 aromatic carbocycles. The van der Waals surface area contributed by atoms with Crippen LogP contribution in [0.25, 0.3) is 0 Å². The number of nitrogens with zero attached hydrogens (tertiary/aromatic N) is 1. The van der Waals surface area contributed by atoms with E-state index in [1.54, 1.807) is 11.8 Å². The van der Waals surface area contributed by atoms with Gasteiger partial charge in [0.2, 0.25) is 0 Å². The van der Waals surface area contributed by atoms with Gasteiger partial charge in [-0.25, -0.2) is 0 Å². The fourth-order valence-electron chi connectivity index (χ4n) is 1.49. The third-order valence-corrected chi connectivity index (χ3v) is 3.43. The molecule has 3 nitrogen and oxygen atoms in total. The third-order valence-electron chi connectivity index (χ3n) is 2.42.